The third-order valence-corrected chi connectivity index (χ3v) is 21.4. The van der Waals surface area contributed by atoms with E-state index in [2.05, 4.69) is 10.1 Å². The maximum atomic E-state index is 13.9. The van der Waals surface area contributed by atoms with E-state index >= 15 is 0 Å². The van der Waals surface area contributed by atoms with Gasteiger partial charge in [-0.3, -0.25) is 19.6 Å². The van der Waals surface area contributed by atoms with Gasteiger partial charge in [-0.15, -0.1) is 0 Å². The third-order valence-electron chi connectivity index (χ3n) is 21.4. The molecule has 6 amide bonds. The Morgan fingerprint density at radius 2 is 0.757 bits per heavy atom. The third kappa shape index (κ3) is 19.1. The average Bonchev–Trinajstić information content (AvgIpc) is 1.60. The zero-order chi connectivity index (χ0) is 82.4. The van der Waals surface area contributed by atoms with Crippen molar-refractivity contribution < 1.29 is 106 Å². The summed E-state index contributed by atoms with van der Waals surface area (Å²) in [6, 6.07) is 38.5. The van der Waals surface area contributed by atoms with Crippen LogP contribution >= 0.6 is 0 Å². The van der Waals surface area contributed by atoms with Crippen LogP contribution in [0.3, 0.4) is 0 Å². The van der Waals surface area contributed by atoms with Crippen molar-refractivity contribution in [3.8, 4) is 17.2 Å². The van der Waals surface area contributed by atoms with Gasteiger partial charge in [0.15, 0.2) is 18.3 Å². The maximum absolute atomic E-state index is 13.9. The number of nitrogens with one attached hydrogen (secondary N) is 2. The number of benzene rings is 6. The van der Waals surface area contributed by atoms with Crippen molar-refractivity contribution in [2.24, 2.45) is 0 Å². The summed E-state index contributed by atoms with van der Waals surface area (Å²) in [6.07, 6.45) is -0.0318. The molecule has 0 bridgehead atoms. The molecule has 6 aromatic rings. The molecular weight excluding hydrogens is 1480 g/mol. The number of nitrogens with zero attached hydrogens (tertiary/aromatic N) is 5. The van der Waals surface area contributed by atoms with Gasteiger partial charge in [0.2, 0.25) is 0 Å². The minimum absolute atomic E-state index is 0.127. The summed E-state index contributed by atoms with van der Waals surface area (Å²) in [7, 11) is 2.71. The van der Waals surface area contributed by atoms with Crippen LogP contribution in [-0.4, -0.2) is 198 Å². The number of rotatable bonds is 6. The van der Waals surface area contributed by atoms with Gasteiger partial charge in [0.1, 0.15) is 53.9 Å². The van der Waals surface area contributed by atoms with E-state index in [1.54, 1.807) is 78.5 Å². The minimum Gasteiger partial charge on any atom is -0.492 e. The largest absolute Gasteiger partial charge is 0.492 e. The molecule has 29 nitrogen and oxygen atoms in total. The molecule has 0 saturated carbocycles. The molecule has 3 spiro atoms. The van der Waals surface area contributed by atoms with Crippen molar-refractivity contribution in [1.29, 1.82) is 0 Å². The van der Waals surface area contributed by atoms with Crippen LogP contribution in [0.5, 0.6) is 17.2 Å². The predicted octanol–water partition coefficient (Wildman–Crippen LogP) is 11.7. The fraction of sp³-hybridized carbons (Fsp3) is 0.477. The predicted molar refractivity (Wildman–Crippen MR) is 415 cm³/mol. The molecule has 9 aliphatic rings. The number of esters is 2. The molecule has 0 radical (unpaired) electrons. The van der Waals surface area contributed by atoms with Crippen LogP contribution < -0.4 is 25.0 Å². The highest BCUT2D eigenvalue weighted by Crippen LogP contribution is 2.53. The molecule has 9 aliphatic heterocycles. The Morgan fingerprint density at radius 1 is 0.426 bits per heavy atom. The number of hydrogen-bond acceptors (Lipinski definition) is 22. The first kappa shape index (κ1) is 83.6. The van der Waals surface area contributed by atoms with Gasteiger partial charge in [0, 0.05) is 87.7 Å². The Balaban J connectivity index is 0.000000149. The zero-order valence-corrected chi connectivity index (χ0v) is 67.0. The molecule has 115 heavy (non-hydrogen) atoms. The number of aliphatic carboxylic acids is 1. The van der Waals surface area contributed by atoms with Crippen LogP contribution in [0.25, 0.3) is 0 Å². The van der Waals surface area contributed by atoms with Crippen molar-refractivity contribution in [1.82, 2.24) is 35.3 Å². The van der Waals surface area contributed by atoms with E-state index in [1.165, 1.54) is 14.2 Å². The van der Waals surface area contributed by atoms with E-state index in [1.807, 2.05) is 141 Å². The number of carbonyl (C=O) groups excluding carboxylic acids is 8. The van der Waals surface area contributed by atoms with Gasteiger partial charge in [-0.2, -0.15) is 0 Å². The summed E-state index contributed by atoms with van der Waals surface area (Å²) < 4.78 is 62.4. The quantitative estimate of drug-likeness (QED) is 0.0521. The number of fused-ring (bicyclic) bond motifs is 9. The molecule has 3 unspecified atom stereocenters. The first-order valence-electron chi connectivity index (χ1n) is 38.9. The van der Waals surface area contributed by atoms with Crippen molar-refractivity contribution >= 4 is 53.9 Å². The van der Waals surface area contributed by atoms with E-state index in [0.717, 1.165) is 68.9 Å². The van der Waals surface area contributed by atoms with Crippen molar-refractivity contribution in [2.45, 2.75) is 172 Å². The molecule has 0 aliphatic carbocycles. The van der Waals surface area contributed by atoms with E-state index in [9.17, 15) is 48.3 Å². The topological polar surface area (TPSA) is 336 Å². The normalized spacial score (nSPS) is 19.9. The second kappa shape index (κ2) is 34.7. The van der Waals surface area contributed by atoms with Crippen LogP contribution in [0.4, 0.5) is 14.4 Å². The lowest BCUT2D eigenvalue weighted by Crippen LogP contribution is -2.47. The molecule has 6 aromatic carbocycles. The summed E-state index contributed by atoms with van der Waals surface area (Å²) in [5, 5.41) is 21.6. The summed E-state index contributed by atoms with van der Waals surface area (Å²) >= 11 is 0. The highest BCUT2D eigenvalue weighted by molar-refractivity contribution is 5.94. The molecule has 29 heteroatoms. The average molecular weight is 1590 g/mol. The number of methoxy groups -OCH3 is 2. The minimum atomic E-state index is -0.978. The standard InChI is InChI=1S/C29H34N2O7.C28H33N3O7.C18H23NO5.C11H13NO3/c1-28(2,3)38-27(34)30-13-11-29(12-14-30)22-8-6-5-7-21(22)24(37-29)25(32)31-15-16-36-23-17-19(26(33)35-4)9-10-20(23)18-31;1-27(2,3)38-26(34)30-12-10-28(11-13-30)21-7-5-4-6-20(21)23(37-28)25(33)31-14-15-36-22-16-18(24(32)29-35)8-9-19(22)17-31;1-17(2,3)24-16(22)19-10-8-18(9-11-19)13-7-5-4-6-12(13)14(23-18)15(20)21;1-14-11(13)8-2-3-9-7-12-4-5-15-10(9)6-8/h5-10,17,24H,11-16,18H2,1-4H3;4-9,16,23,35H,10-15,17H2,1-3H3,(H,29,32);4-7,14H,8-11H2,1-3H3,(H,20,21);2-3,6,12H,4-5,7H2,1H3. The second-order valence-electron chi connectivity index (χ2n) is 32.6. The van der Waals surface area contributed by atoms with Crippen molar-refractivity contribution in [3.63, 3.8) is 0 Å². The van der Waals surface area contributed by atoms with Crippen LogP contribution in [0.15, 0.2) is 127 Å². The fourth-order valence-electron chi connectivity index (χ4n) is 15.8. The molecule has 4 N–H and O–H groups in total. The van der Waals surface area contributed by atoms with E-state index in [-0.39, 0.29) is 48.2 Å². The first-order chi connectivity index (χ1) is 54.7. The Kier molecular flexibility index (Phi) is 25.2. The smallest absolute Gasteiger partial charge is 0.410 e. The molecule has 3 atom stereocenters. The van der Waals surface area contributed by atoms with Crippen LogP contribution in [-0.2, 0) is 88.7 Å². The summed E-state index contributed by atoms with van der Waals surface area (Å²) in [5.74, 6) is -0.826. The summed E-state index contributed by atoms with van der Waals surface area (Å²) in [4.78, 5) is 120. The first-order valence-corrected chi connectivity index (χ1v) is 38.9. The number of piperidine rings is 3. The van der Waals surface area contributed by atoms with Crippen LogP contribution in [0, 0.1) is 0 Å². The summed E-state index contributed by atoms with van der Waals surface area (Å²) in [5.41, 5.74) is 7.26. The molecule has 614 valence electrons. The highest BCUT2D eigenvalue weighted by atomic mass is 16.6. The van der Waals surface area contributed by atoms with Gasteiger partial charge < -0.3 is 87.0 Å². The van der Waals surface area contributed by atoms with Gasteiger partial charge in [-0.25, -0.2) is 34.2 Å². The van der Waals surface area contributed by atoms with Crippen molar-refractivity contribution in [3.05, 3.63) is 194 Å². The fourth-order valence-corrected chi connectivity index (χ4v) is 15.8. The lowest BCUT2D eigenvalue weighted by Gasteiger charge is -2.40. The molecule has 3 fully saturated rings. The Morgan fingerprint density at radius 3 is 1.12 bits per heavy atom. The molecule has 3 saturated heterocycles. The Bertz CT molecular complexity index is 4420. The number of hydrogen-bond donors (Lipinski definition) is 4. The lowest BCUT2D eigenvalue weighted by atomic mass is 9.83. The van der Waals surface area contributed by atoms with Crippen LogP contribution in [0.2, 0.25) is 0 Å². The van der Waals surface area contributed by atoms with E-state index in [4.69, 9.17) is 52.6 Å². The number of likely N-dealkylation sites (tertiary alicyclic amines) is 3. The van der Waals surface area contributed by atoms with Crippen LogP contribution in [0.1, 0.15) is 200 Å². The van der Waals surface area contributed by atoms with Gasteiger partial charge in [0.25, 0.3) is 17.7 Å². The number of carbonyl (C=O) groups is 9. The molecule has 9 heterocycles. The van der Waals surface area contributed by atoms with Gasteiger partial charge in [-0.05, 0) is 171 Å². The zero-order valence-electron chi connectivity index (χ0n) is 67.0. The number of ether oxygens (including phenoxy) is 11. The second-order valence-corrected chi connectivity index (χ2v) is 32.6. The number of carboxylic acid groups (broad SMARTS) is 1. The van der Waals surface area contributed by atoms with Gasteiger partial charge in [0.05, 0.1) is 55.2 Å². The molecule has 0 aromatic heterocycles. The lowest BCUT2D eigenvalue weighted by molar-refractivity contribution is -0.166. The van der Waals surface area contributed by atoms with Crippen molar-refractivity contribution in [2.75, 3.05) is 92.9 Å². The van der Waals surface area contributed by atoms with Gasteiger partial charge in [-0.1, -0.05) is 91.0 Å². The summed E-state index contributed by atoms with van der Waals surface area (Å²) in [6.45, 7) is 23.7. The van der Waals surface area contributed by atoms with E-state index < -0.39 is 69.8 Å². The monoisotopic (exact) mass is 1590 g/mol. The Hall–Kier alpha value is -10.9. The number of carboxylic acids is 1. The van der Waals surface area contributed by atoms with E-state index in [0.29, 0.717) is 140 Å². The highest BCUT2D eigenvalue weighted by Gasteiger charge is 2.54. The maximum Gasteiger partial charge on any atom is 0.410 e. The SMILES string of the molecule is CC(C)(C)OC(=O)N1CCC2(CC1)OC(C(=O)N1CCOc3cc(C(=O)NO)ccc3C1)c1ccccc12.CC(C)(C)OC(=O)N1CCC2(CC1)OC(C(=O)O)c1ccccc12.COC(=O)c1ccc2c(c1)OCCN(C(=O)C1OC3(CCN(C(=O)OC(C)(C)C)CC3)c3ccccc31)C2.COC(=O)c1ccc2c(c1)OCCNC2. The number of amides is 6. The molecular formula is C86H103N7O22. The number of hydroxylamine groups is 1. The Labute approximate surface area is 668 Å². The van der Waals surface area contributed by atoms with Gasteiger partial charge >= 0.3 is 36.2 Å². The molecule has 15 rings (SSSR count).